The maximum atomic E-state index is 12.5. The van der Waals surface area contributed by atoms with E-state index < -0.39 is 0 Å². The Kier molecular flexibility index (Phi) is 11.6. The summed E-state index contributed by atoms with van der Waals surface area (Å²) in [6.45, 7) is 10.2. The topological polar surface area (TPSA) is 108 Å². The zero-order valence-electron chi connectivity index (χ0n) is 24.2. The number of hydrogen-bond donors (Lipinski definition) is 2. The minimum absolute atomic E-state index is 0.289. The van der Waals surface area contributed by atoms with E-state index in [0.29, 0.717) is 37.6 Å². The highest BCUT2D eigenvalue weighted by Crippen LogP contribution is 2.18. The third-order valence-corrected chi connectivity index (χ3v) is 6.68. The number of nitrogens with zero attached hydrogens (tertiary/aromatic N) is 4. The lowest BCUT2D eigenvalue weighted by Crippen LogP contribution is -2.36. The Morgan fingerprint density at radius 3 is 1.40 bits per heavy atom. The first kappa shape index (κ1) is 30.4. The maximum Gasteiger partial charge on any atom is 0.271 e. The van der Waals surface area contributed by atoms with Gasteiger partial charge in [0.15, 0.2) is 0 Å². The van der Waals surface area contributed by atoms with Gasteiger partial charge in [-0.1, -0.05) is 32.0 Å². The normalized spacial score (nSPS) is 15.3. The van der Waals surface area contributed by atoms with Gasteiger partial charge in [-0.3, -0.25) is 9.59 Å². The van der Waals surface area contributed by atoms with Crippen LogP contribution in [0, 0.1) is 0 Å². The van der Waals surface area contributed by atoms with E-state index in [-0.39, 0.29) is 11.8 Å². The first-order chi connectivity index (χ1) is 20.7. The molecule has 10 nitrogen and oxygen atoms in total. The predicted molar refractivity (Wildman–Crippen MR) is 167 cm³/mol. The molecule has 2 N–H and O–H groups in total. The van der Waals surface area contributed by atoms with Gasteiger partial charge in [0.05, 0.1) is 38.9 Å². The summed E-state index contributed by atoms with van der Waals surface area (Å²) in [7, 11) is 0. The van der Waals surface area contributed by atoms with Gasteiger partial charge in [0, 0.05) is 48.7 Å². The van der Waals surface area contributed by atoms with Crippen molar-refractivity contribution < 1.29 is 19.1 Å². The number of rotatable bonds is 8. The van der Waals surface area contributed by atoms with Crippen molar-refractivity contribution in [3.05, 3.63) is 95.1 Å². The molecule has 0 atom stereocenters. The Labute approximate surface area is 247 Å². The minimum atomic E-state index is -0.289. The SMILES string of the molecule is CC.O=C(N/N=C/c1cccc(/C=N/NC(=O)c2ccc(N3CCOCC3)cc2)c1)c1ccc(N2CCOCC2)cc1. The lowest BCUT2D eigenvalue weighted by Gasteiger charge is -2.28. The molecule has 0 bridgehead atoms. The molecule has 2 saturated heterocycles. The molecule has 0 aromatic heterocycles. The zero-order valence-corrected chi connectivity index (χ0v) is 24.2. The fourth-order valence-corrected chi connectivity index (χ4v) is 4.47. The molecule has 220 valence electrons. The number of benzene rings is 3. The highest BCUT2D eigenvalue weighted by Gasteiger charge is 2.13. The average molecular weight is 571 g/mol. The van der Waals surface area contributed by atoms with Gasteiger partial charge >= 0.3 is 0 Å². The Balaban J connectivity index is 0.00000198. The standard InChI is InChI=1S/C30H32N6O4.C2H6/c37-29(25-4-8-27(9-5-25)35-12-16-39-17-13-35)33-31-21-23-2-1-3-24(20-23)22-32-34-30(38)26-6-10-28(11-7-26)36-14-18-40-19-15-36;1-2/h1-11,20-22H,12-19H2,(H,33,37)(H,34,38);1-2H3/b31-21+,32-22+;. The van der Waals surface area contributed by atoms with Gasteiger partial charge in [-0.05, 0) is 65.7 Å². The van der Waals surface area contributed by atoms with Crippen LogP contribution in [0.25, 0.3) is 0 Å². The van der Waals surface area contributed by atoms with Gasteiger partial charge < -0.3 is 19.3 Å². The molecule has 0 aliphatic carbocycles. The second-order valence-electron chi connectivity index (χ2n) is 9.36. The first-order valence-electron chi connectivity index (χ1n) is 14.3. The van der Waals surface area contributed by atoms with E-state index in [0.717, 1.165) is 48.7 Å². The van der Waals surface area contributed by atoms with Crippen LogP contribution >= 0.6 is 0 Å². The summed E-state index contributed by atoms with van der Waals surface area (Å²) in [5.74, 6) is -0.577. The predicted octanol–water partition coefficient (Wildman–Crippen LogP) is 3.91. The van der Waals surface area contributed by atoms with Crippen LogP contribution < -0.4 is 20.7 Å². The van der Waals surface area contributed by atoms with E-state index in [1.807, 2.05) is 62.4 Å². The third kappa shape index (κ3) is 8.73. The molecule has 5 rings (SSSR count). The number of hydrazone groups is 2. The van der Waals surface area contributed by atoms with Crippen molar-refractivity contribution in [2.24, 2.45) is 10.2 Å². The molecule has 0 radical (unpaired) electrons. The number of morpholine rings is 2. The summed E-state index contributed by atoms with van der Waals surface area (Å²) in [6, 6.07) is 22.3. The lowest BCUT2D eigenvalue weighted by molar-refractivity contribution is 0.0947. The summed E-state index contributed by atoms with van der Waals surface area (Å²) in [5.41, 5.74) is 9.87. The summed E-state index contributed by atoms with van der Waals surface area (Å²) in [5, 5.41) is 8.17. The van der Waals surface area contributed by atoms with E-state index in [1.165, 1.54) is 0 Å². The highest BCUT2D eigenvalue weighted by molar-refractivity contribution is 5.96. The van der Waals surface area contributed by atoms with E-state index in [2.05, 4.69) is 30.9 Å². The van der Waals surface area contributed by atoms with Crippen molar-refractivity contribution in [2.75, 3.05) is 62.4 Å². The van der Waals surface area contributed by atoms with E-state index in [1.54, 1.807) is 36.7 Å². The molecular formula is C32H38N6O4. The number of hydrogen-bond acceptors (Lipinski definition) is 8. The van der Waals surface area contributed by atoms with Crippen LogP contribution in [0.4, 0.5) is 11.4 Å². The van der Waals surface area contributed by atoms with E-state index in [4.69, 9.17) is 9.47 Å². The second kappa shape index (κ2) is 16.0. The molecule has 0 saturated carbocycles. The van der Waals surface area contributed by atoms with Crippen LogP contribution in [-0.2, 0) is 9.47 Å². The second-order valence-corrected chi connectivity index (χ2v) is 9.36. The molecule has 2 heterocycles. The van der Waals surface area contributed by atoms with E-state index >= 15 is 0 Å². The Morgan fingerprint density at radius 1 is 0.643 bits per heavy atom. The van der Waals surface area contributed by atoms with Crippen molar-refractivity contribution in [1.29, 1.82) is 0 Å². The lowest BCUT2D eigenvalue weighted by atomic mass is 10.1. The minimum Gasteiger partial charge on any atom is -0.378 e. The molecule has 2 fully saturated rings. The Morgan fingerprint density at radius 2 is 1.02 bits per heavy atom. The third-order valence-electron chi connectivity index (χ3n) is 6.68. The first-order valence-corrected chi connectivity index (χ1v) is 14.3. The van der Waals surface area contributed by atoms with E-state index in [9.17, 15) is 9.59 Å². The van der Waals surface area contributed by atoms with Gasteiger partial charge in [-0.25, -0.2) is 10.9 Å². The number of nitrogens with one attached hydrogen (secondary N) is 2. The summed E-state index contributed by atoms with van der Waals surface area (Å²) < 4.78 is 10.8. The molecular weight excluding hydrogens is 532 g/mol. The number of anilines is 2. The van der Waals surface area contributed by atoms with Gasteiger partial charge in [0.2, 0.25) is 0 Å². The van der Waals surface area contributed by atoms with Gasteiger partial charge in [0.1, 0.15) is 0 Å². The highest BCUT2D eigenvalue weighted by atomic mass is 16.5. The smallest absolute Gasteiger partial charge is 0.271 e. The van der Waals surface area contributed by atoms with Crippen LogP contribution in [0.5, 0.6) is 0 Å². The number of carbonyl (C=O) groups is 2. The summed E-state index contributed by atoms with van der Waals surface area (Å²) in [6.07, 6.45) is 3.12. The van der Waals surface area contributed by atoms with Crippen LogP contribution in [0.3, 0.4) is 0 Å². The summed E-state index contributed by atoms with van der Waals surface area (Å²) >= 11 is 0. The van der Waals surface area contributed by atoms with Gasteiger partial charge in [-0.15, -0.1) is 0 Å². The van der Waals surface area contributed by atoms with Gasteiger partial charge in [-0.2, -0.15) is 10.2 Å². The van der Waals surface area contributed by atoms with Crippen molar-refractivity contribution in [3.8, 4) is 0 Å². The fourth-order valence-electron chi connectivity index (χ4n) is 4.47. The number of amides is 2. The largest absolute Gasteiger partial charge is 0.378 e. The van der Waals surface area contributed by atoms with Gasteiger partial charge in [0.25, 0.3) is 11.8 Å². The van der Waals surface area contributed by atoms with Crippen molar-refractivity contribution in [2.45, 2.75) is 13.8 Å². The molecule has 3 aromatic carbocycles. The molecule has 2 aliphatic rings. The van der Waals surface area contributed by atoms with Crippen molar-refractivity contribution in [3.63, 3.8) is 0 Å². The van der Waals surface area contributed by atoms with Crippen LogP contribution in [0.15, 0.2) is 83.0 Å². The molecule has 10 heteroatoms. The Hall–Kier alpha value is -4.54. The van der Waals surface area contributed by atoms with Crippen LogP contribution in [-0.4, -0.2) is 76.9 Å². The molecule has 42 heavy (non-hydrogen) atoms. The molecule has 2 aliphatic heterocycles. The van der Waals surface area contributed by atoms with Crippen molar-refractivity contribution >= 4 is 35.6 Å². The molecule has 0 unspecified atom stereocenters. The quantitative estimate of drug-likeness (QED) is 0.314. The monoisotopic (exact) mass is 570 g/mol. The summed E-state index contributed by atoms with van der Waals surface area (Å²) in [4.78, 5) is 29.4. The number of carbonyl (C=O) groups excluding carboxylic acids is 2. The molecule has 0 spiro atoms. The zero-order chi connectivity index (χ0) is 29.6. The molecule has 2 amide bonds. The van der Waals surface area contributed by atoms with Crippen LogP contribution in [0.2, 0.25) is 0 Å². The molecule has 3 aromatic rings. The maximum absolute atomic E-state index is 12.5. The average Bonchev–Trinajstić information content (AvgIpc) is 3.07. The fraction of sp³-hybridized carbons (Fsp3) is 0.312. The Bertz CT molecular complexity index is 1250. The van der Waals surface area contributed by atoms with Crippen molar-refractivity contribution in [1.82, 2.24) is 10.9 Å². The number of ether oxygens (including phenoxy) is 2. The van der Waals surface area contributed by atoms with Crippen LogP contribution in [0.1, 0.15) is 45.7 Å².